The van der Waals surface area contributed by atoms with Crippen molar-refractivity contribution in [3.8, 4) is 0 Å². The normalized spacial score (nSPS) is 17.7. The number of benzene rings is 1. The predicted octanol–water partition coefficient (Wildman–Crippen LogP) is 1.40. The minimum absolute atomic E-state index is 0.289. The van der Waals surface area contributed by atoms with E-state index in [4.69, 9.17) is 11.5 Å². The zero-order chi connectivity index (χ0) is 13.5. The summed E-state index contributed by atoms with van der Waals surface area (Å²) >= 11 is 0. The molecule has 1 aromatic heterocycles. The average molecular weight is 256 g/mol. The van der Waals surface area contributed by atoms with Crippen LogP contribution in [0.5, 0.6) is 0 Å². The number of fused-ring (bicyclic) bond motifs is 1. The first-order valence-corrected chi connectivity index (χ1v) is 6.33. The Labute approximate surface area is 110 Å². The van der Waals surface area contributed by atoms with E-state index in [1.54, 1.807) is 6.08 Å². The lowest BCUT2D eigenvalue weighted by molar-refractivity contribution is -0.113. The summed E-state index contributed by atoms with van der Waals surface area (Å²) in [6.45, 7) is 0. The van der Waals surface area contributed by atoms with Gasteiger partial charge in [0, 0.05) is 6.08 Å². The number of aromatic amines is 1. The standard InChI is InChI=1S/C14H16N4O/c15-12(19)5-3-9-2-4-10-11(8-9)18-13(17-10)14(16)6-1-7-14/h2-5,8H,1,6-7,16H2,(H2,15,19)(H,17,18)/b5-3+. The van der Waals surface area contributed by atoms with Gasteiger partial charge in [-0.2, -0.15) is 0 Å². The molecule has 0 saturated heterocycles. The molecule has 3 rings (SSSR count). The number of primary amides is 1. The smallest absolute Gasteiger partial charge is 0.241 e. The van der Waals surface area contributed by atoms with Crippen LogP contribution in [0.25, 0.3) is 17.1 Å². The second-order valence-electron chi connectivity index (χ2n) is 5.11. The van der Waals surface area contributed by atoms with Crippen LogP contribution in [0.2, 0.25) is 0 Å². The van der Waals surface area contributed by atoms with Gasteiger partial charge in [0.1, 0.15) is 5.82 Å². The van der Waals surface area contributed by atoms with E-state index < -0.39 is 5.91 Å². The van der Waals surface area contributed by atoms with Crippen molar-refractivity contribution >= 4 is 23.0 Å². The lowest BCUT2D eigenvalue weighted by Crippen LogP contribution is -2.44. The van der Waals surface area contributed by atoms with Gasteiger partial charge in [-0.25, -0.2) is 4.98 Å². The maximum absolute atomic E-state index is 10.7. The van der Waals surface area contributed by atoms with Crippen molar-refractivity contribution in [2.45, 2.75) is 24.8 Å². The molecule has 1 aromatic carbocycles. The highest BCUT2D eigenvalue weighted by molar-refractivity contribution is 5.91. The van der Waals surface area contributed by atoms with E-state index in [1.807, 2.05) is 18.2 Å². The number of carbonyl (C=O) groups excluding carboxylic acids is 1. The van der Waals surface area contributed by atoms with Gasteiger partial charge in [-0.05, 0) is 43.0 Å². The molecule has 1 fully saturated rings. The molecule has 5 N–H and O–H groups in total. The van der Waals surface area contributed by atoms with Gasteiger partial charge in [-0.3, -0.25) is 4.79 Å². The van der Waals surface area contributed by atoms with E-state index in [9.17, 15) is 4.79 Å². The van der Waals surface area contributed by atoms with Crippen LogP contribution in [0, 0.1) is 0 Å². The van der Waals surface area contributed by atoms with Crippen LogP contribution in [0.1, 0.15) is 30.7 Å². The highest BCUT2D eigenvalue weighted by Gasteiger charge is 2.37. The molecule has 0 radical (unpaired) electrons. The van der Waals surface area contributed by atoms with E-state index in [1.165, 1.54) is 6.08 Å². The fraction of sp³-hybridized carbons (Fsp3) is 0.286. The predicted molar refractivity (Wildman–Crippen MR) is 74.0 cm³/mol. The molecule has 5 nitrogen and oxygen atoms in total. The molecule has 0 aliphatic heterocycles. The fourth-order valence-electron chi connectivity index (χ4n) is 2.34. The van der Waals surface area contributed by atoms with Crippen LogP contribution in [0.4, 0.5) is 0 Å². The number of aromatic nitrogens is 2. The van der Waals surface area contributed by atoms with Crippen molar-refractivity contribution < 1.29 is 4.79 Å². The maximum Gasteiger partial charge on any atom is 0.241 e. The minimum Gasteiger partial charge on any atom is -0.366 e. The van der Waals surface area contributed by atoms with Crippen molar-refractivity contribution in [1.82, 2.24) is 9.97 Å². The van der Waals surface area contributed by atoms with Crippen LogP contribution in [-0.2, 0) is 10.3 Å². The summed E-state index contributed by atoms with van der Waals surface area (Å²) in [7, 11) is 0. The van der Waals surface area contributed by atoms with Gasteiger partial charge in [-0.1, -0.05) is 6.07 Å². The molecule has 1 aliphatic rings. The van der Waals surface area contributed by atoms with Gasteiger partial charge in [-0.15, -0.1) is 0 Å². The molecular formula is C14H16N4O. The lowest BCUT2D eigenvalue weighted by Gasteiger charge is -2.35. The summed E-state index contributed by atoms with van der Waals surface area (Å²) in [5.74, 6) is 0.394. The molecule has 0 atom stereocenters. The monoisotopic (exact) mass is 256 g/mol. The molecule has 1 saturated carbocycles. The van der Waals surface area contributed by atoms with Gasteiger partial charge >= 0.3 is 0 Å². The number of nitrogens with zero attached hydrogens (tertiary/aromatic N) is 1. The van der Waals surface area contributed by atoms with Crippen molar-refractivity contribution in [2.75, 3.05) is 0 Å². The summed E-state index contributed by atoms with van der Waals surface area (Å²) in [5, 5.41) is 0. The van der Waals surface area contributed by atoms with E-state index >= 15 is 0 Å². The van der Waals surface area contributed by atoms with Crippen LogP contribution < -0.4 is 11.5 Å². The molecule has 2 aromatic rings. The minimum atomic E-state index is -0.458. The number of carbonyl (C=O) groups is 1. The number of imidazole rings is 1. The van der Waals surface area contributed by atoms with Crippen molar-refractivity contribution in [2.24, 2.45) is 11.5 Å². The highest BCUT2D eigenvalue weighted by Crippen LogP contribution is 2.37. The number of nitrogens with one attached hydrogen (secondary N) is 1. The van der Waals surface area contributed by atoms with E-state index in [2.05, 4.69) is 9.97 Å². The Bertz CT molecular complexity index is 667. The average Bonchev–Trinajstić information content (AvgIpc) is 2.76. The number of H-pyrrole nitrogens is 1. The summed E-state index contributed by atoms with van der Waals surface area (Å²) in [4.78, 5) is 18.5. The third-order valence-electron chi connectivity index (χ3n) is 3.66. The van der Waals surface area contributed by atoms with E-state index in [0.717, 1.165) is 41.7 Å². The summed E-state index contributed by atoms with van der Waals surface area (Å²) in [6.07, 6.45) is 6.13. The first-order valence-electron chi connectivity index (χ1n) is 6.33. The molecule has 19 heavy (non-hydrogen) atoms. The molecule has 1 heterocycles. The number of hydrogen-bond acceptors (Lipinski definition) is 3. The van der Waals surface area contributed by atoms with Gasteiger partial charge in [0.25, 0.3) is 0 Å². The summed E-state index contributed by atoms with van der Waals surface area (Å²) in [6, 6.07) is 5.75. The highest BCUT2D eigenvalue weighted by atomic mass is 16.1. The first-order chi connectivity index (χ1) is 9.07. The van der Waals surface area contributed by atoms with Gasteiger partial charge < -0.3 is 16.5 Å². The number of nitrogens with two attached hydrogens (primary N) is 2. The Balaban J connectivity index is 1.97. The topological polar surface area (TPSA) is 97.8 Å². The Hall–Kier alpha value is -2.14. The molecule has 98 valence electrons. The Kier molecular flexibility index (Phi) is 2.64. The Morgan fingerprint density at radius 1 is 1.42 bits per heavy atom. The summed E-state index contributed by atoms with van der Waals surface area (Å²) in [5.41, 5.74) is 13.8. The molecule has 0 unspecified atom stereocenters. The largest absolute Gasteiger partial charge is 0.366 e. The fourth-order valence-corrected chi connectivity index (χ4v) is 2.34. The van der Waals surface area contributed by atoms with Crippen LogP contribution in [0.3, 0.4) is 0 Å². The SMILES string of the molecule is NC(=O)/C=C/c1ccc2nc(C3(N)CCC3)[nH]c2c1. The molecule has 1 amide bonds. The Morgan fingerprint density at radius 3 is 2.84 bits per heavy atom. The van der Waals surface area contributed by atoms with Crippen LogP contribution in [-0.4, -0.2) is 15.9 Å². The Morgan fingerprint density at radius 2 is 2.21 bits per heavy atom. The van der Waals surface area contributed by atoms with Gasteiger partial charge in [0.05, 0.1) is 16.6 Å². The van der Waals surface area contributed by atoms with Crippen molar-refractivity contribution in [3.05, 3.63) is 35.7 Å². The number of rotatable bonds is 3. The molecular weight excluding hydrogens is 240 g/mol. The van der Waals surface area contributed by atoms with Crippen molar-refractivity contribution in [3.63, 3.8) is 0 Å². The zero-order valence-electron chi connectivity index (χ0n) is 10.5. The molecule has 0 bridgehead atoms. The van der Waals surface area contributed by atoms with E-state index in [0.29, 0.717) is 0 Å². The first kappa shape index (κ1) is 11.9. The van der Waals surface area contributed by atoms with Gasteiger partial charge in [0.15, 0.2) is 0 Å². The quantitative estimate of drug-likeness (QED) is 0.724. The summed E-state index contributed by atoms with van der Waals surface area (Å²) < 4.78 is 0. The second-order valence-corrected chi connectivity index (χ2v) is 5.11. The maximum atomic E-state index is 10.7. The van der Waals surface area contributed by atoms with E-state index in [-0.39, 0.29) is 5.54 Å². The van der Waals surface area contributed by atoms with Gasteiger partial charge in [0.2, 0.25) is 5.91 Å². The molecule has 0 spiro atoms. The lowest BCUT2D eigenvalue weighted by atomic mass is 9.77. The van der Waals surface area contributed by atoms with Crippen molar-refractivity contribution in [1.29, 1.82) is 0 Å². The number of hydrogen-bond donors (Lipinski definition) is 3. The third-order valence-corrected chi connectivity index (χ3v) is 3.66. The zero-order valence-corrected chi connectivity index (χ0v) is 10.5. The molecule has 1 aliphatic carbocycles. The van der Waals surface area contributed by atoms with Crippen LogP contribution >= 0.6 is 0 Å². The second kappa shape index (κ2) is 4.20. The number of amides is 1. The molecule has 5 heteroatoms. The van der Waals surface area contributed by atoms with Crippen LogP contribution in [0.15, 0.2) is 24.3 Å². The third kappa shape index (κ3) is 2.13.